The molecule has 0 spiro atoms. The molecule has 4 rings (SSSR count). The fourth-order valence-corrected chi connectivity index (χ4v) is 5.47. The summed E-state index contributed by atoms with van der Waals surface area (Å²) in [6.07, 6.45) is 0. The van der Waals surface area contributed by atoms with Gasteiger partial charge in [-0.3, -0.25) is 9.52 Å². The first kappa shape index (κ1) is 19.2. The molecule has 1 N–H and O–H groups in total. The van der Waals surface area contributed by atoms with Crippen molar-refractivity contribution in [3.8, 4) is 11.5 Å². The van der Waals surface area contributed by atoms with Crippen LogP contribution in [0.2, 0.25) is 0 Å². The molecule has 0 unspecified atom stereocenters. The lowest BCUT2D eigenvalue weighted by Gasteiger charge is -2.12. The third-order valence-electron chi connectivity index (χ3n) is 4.39. The van der Waals surface area contributed by atoms with Crippen molar-refractivity contribution in [1.29, 1.82) is 0 Å². The molecule has 0 atom stereocenters. The van der Waals surface area contributed by atoms with E-state index in [1.807, 2.05) is 12.1 Å². The number of fused-ring (bicyclic) bond motifs is 3. The largest absolute Gasteiger partial charge is 0.493 e. The normalized spacial score (nSPS) is 11.7. The quantitative estimate of drug-likeness (QED) is 0.521. The van der Waals surface area contributed by atoms with Gasteiger partial charge in [-0.2, -0.15) is 0 Å². The Morgan fingerprint density at radius 3 is 2.52 bits per heavy atom. The number of nitrogens with zero attached hydrogens (tertiary/aromatic N) is 2. The lowest BCUT2D eigenvalue weighted by Crippen LogP contribution is -2.27. The van der Waals surface area contributed by atoms with E-state index in [0.717, 1.165) is 4.70 Å². The third-order valence-corrected chi connectivity index (χ3v) is 6.93. The number of aryl methyl sites for hydroxylation is 1. The van der Waals surface area contributed by atoms with Gasteiger partial charge in [0.1, 0.15) is 0 Å². The van der Waals surface area contributed by atoms with Gasteiger partial charge in [-0.1, -0.05) is 23.5 Å². The maximum absolute atomic E-state index is 13.2. The van der Waals surface area contributed by atoms with Crippen molar-refractivity contribution in [2.75, 3.05) is 18.9 Å². The van der Waals surface area contributed by atoms with Gasteiger partial charge < -0.3 is 9.47 Å². The summed E-state index contributed by atoms with van der Waals surface area (Å²) in [4.78, 5) is 17.6. The fourth-order valence-electron chi connectivity index (χ4n) is 3.11. The highest BCUT2D eigenvalue weighted by atomic mass is 32.2. The summed E-state index contributed by atoms with van der Waals surface area (Å²) >= 11 is 1.33. The van der Waals surface area contributed by atoms with Crippen LogP contribution >= 0.6 is 11.3 Å². The zero-order valence-electron chi connectivity index (χ0n) is 15.8. The van der Waals surface area contributed by atoms with Gasteiger partial charge in [0.2, 0.25) is 0 Å². The highest BCUT2D eigenvalue weighted by Crippen LogP contribution is 2.31. The second-order valence-corrected chi connectivity index (χ2v) is 8.82. The van der Waals surface area contributed by atoms with Crippen molar-refractivity contribution in [3.63, 3.8) is 0 Å². The zero-order chi connectivity index (χ0) is 20.8. The van der Waals surface area contributed by atoms with Crippen LogP contribution in [0.15, 0.2) is 52.2 Å². The molecule has 29 heavy (non-hydrogen) atoms. The first-order valence-electron chi connectivity index (χ1n) is 8.51. The maximum atomic E-state index is 13.2. The van der Waals surface area contributed by atoms with Crippen LogP contribution in [-0.4, -0.2) is 32.0 Å². The molecule has 10 heteroatoms. The van der Waals surface area contributed by atoms with Crippen molar-refractivity contribution >= 4 is 42.2 Å². The Morgan fingerprint density at radius 2 is 1.79 bits per heavy atom. The number of nitrogens with one attached hydrogen (secondary N) is 1. The van der Waals surface area contributed by atoms with E-state index in [1.165, 1.54) is 49.0 Å². The summed E-state index contributed by atoms with van der Waals surface area (Å²) in [5.41, 5.74) is 0.349. The minimum Gasteiger partial charge on any atom is -0.493 e. The van der Waals surface area contributed by atoms with Crippen molar-refractivity contribution in [2.24, 2.45) is 0 Å². The number of methoxy groups -OCH3 is 2. The van der Waals surface area contributed by atoms with Gasteiger partial charge in [0.05, 0.1) is 35.8 Å². The van der Waals surface area contributed by atoms with Gasteiger partial charge in [-0.15, -0.1) is 0 Å². The molecular weight excluding hydrogens is 414 g/mol. The number of para-hydroxylation sites is 1. The van der Waals surface area contributed by atoms with Crippen molar-refractivity contribution in [1.82, 2.24) is 9.38 Å². The molecule has 0 aliphatic rings. The van der Waals surface area contributed by atoms with E-state index < -0.39 is 20.5 Å². The number of ether oxygens (including phenoxy) is 2. The summed E-state index contributed by atoms with van der Waals surface area (Å²) in [5, 5.41) is 0. The molecule has 2 aromatic heterocycles. The molecule has 0 amide bonds. The predicted molar refractivity (Wildman–Crippen MR) is 112 cm³/mol. The molecule has 2 heterocycles. The molecule has 0 bridgehead atoms. The second kappa shape index (κ2) is 7.05. The minimum atomic E-state index is -4.19. The van der Waals surface area contributed by atoms with E-state index in [9.17, 15) is 13.2 Å². The molecule has 0 saturated carbocycles. The standard InChI is InChI=1S/C19H17N3O5S2/c1-11-17(18(23)22-13-6-4-5-7-16(13)28-19(22)20-11)29(24,25)21-12-8-9-14(26-2)15(10-12)27-3/h4-10,21H,1-3H3. The van der Waals surface area contributed by atoms with Gasteiger partial charge in [0, 0.05) is 6.07 Å². The highest BCUT2D eigenvalue weighted by molar-refractivity contribution is 7.92. The summed E-state index contributed by atoms with van der Waals surface area (Å²) in [7, 11) is -1.26. The number of benzene rings is 2. The van der Waals surface area contributed by atoms with Crippen LogP contribution in [0.4, 0.5) is 5.69 Å². The van der Waals surface area contributed by atoms with Crippen LogP contribution in [0.5, 0.6) is 11.5 Å². The average Bonchev–Trinajstić information content (AvgIpc) is 3.05. The van der Waals surface area contributed by atoms with Gasteiger partial charge in [0.15, 0.2) is 21.4 Å². The number of hydrogen-bond acceptors (Lipinski definition) is 7. The van der Waals surface area contributed by atoms with Crippen molar-refractivity contribution < 1.29 is 17.9 Å². The number of rotatable bonds is 5. The highest BCUT2D eigenvalue weighted by Gasteiger charge is 2.26. The number of aromatic nitrogens is 2. The lowest BCUT2D eigenvalue weighted by molar-refractivity contribution is 0.355. The Morgan fingerprint density at radius 1 is 1.07 bits per heavy atom. The van der Waals surface area contributed by atoms with Crippen LogP contribution in [0.1, 0.15) is 5.69 Å². The Bertz CT molecular complexity index is 1410. The smallest absolute Gasteiger partial charge is 0.280 e. The van der Waals surface area contributed by atoms with E-state index in [2.05, 4.69) is 9.71 Å². The topological polar surface area (TPSA) is 99.0 Å². The van der Waals surface area contributed by atoms with E-state index in [4.69, 9.17) is 9.47 Å². The molecule has 2 aromatic carbocycles. The molecule has 8 nitrogen and oxygen atoms in total. The van der Waals surface area contributed by atoms with Crippen LogP contribution in [-0.2, 0) is 10.0 Å². The molecule has 0 aliphatic heterocycles. The van der Waals surface area contributed by atoms with Crippen LogP contribution in [0, 0.1) is 6.92 Å². The minimum absolute atomic E-state index is 0.134. The lowest BCUT2D eigenvalue weighted by atomic mass is 10.3. The Balaban J connectivity index is 1.87. The second-order valence-electron chi connectivity index (χ2n) is 6.19. The Kier molecular flexibility index (Phi) is 4.67. The van der Waals surface area contributed by atoms with Crippen LogP contribution < -0.4 is 19.8 Å². The fraction of sp³-hybridized carbons (Fsp3) is 0.158. The Labute approximate surface area is 170 Å². The van der Waals surface area contributed by atoms with Crippen LogP contribution in [0.3, 0.4) is 0 Å². The van der Waals surface area contributed by atoms with E-state index in [0.29, 0.717) is 22.0 Å². The average molecular weight is 431 g/mol. The molecule has 0 aliphatic carbocycles. The number of anilines is 1. The molecule has 4 aromatic rings. The summed E-state index contributed by atoms with van der Waals surface area (Å²) < 4.78 is 41.1. The van der Waals surface area contributed by atoms with E-state index in [1.54, 1.807) is 18.2 Å². The van der Waals surface area contributed by atoms with Gasteiger partial charge in [-0.25, -0.2) is 17.8 Å². The predicted octanol–water partition coefficient (Wildman–Crippen LogP) is 3.04. The Hall–Kier alpha value is -3.11. The number of hydrogen-bond donors (Lipinski definition) is 1. The van der Waals surface area contributed by atoms with Gasteiger partial charge in [-0.05, 0) is 31.2 Å². The van der Waals surface area contributed by atoms with Gasteiger partial charge >= 0.3 is 0 Å². The first-order valence-corrected chi connectivity index (χ1v) is 10.8. The number of thiazole rings is 1. The molecule has 0 fully saturated rings. The monoisotopic (exact) mass is 431 g/mol. The molecule has 150 valence electrons. The van der Waals surface area contributed by atoms with Gasteiger partial charge in [0.25, 0.3) is 15.6 Å². The van der Waals surface area contributed by atoms with Crippen LogP contribution in [0.25, 0.3) is 15.2 Å². The number of sulfonamides is 1. The summed E-state index contributed by atoms with van der Waals surface area (Å²) in [5.74, 6) is 0.818. The third kappa shape index (κ3) is 3.19. The van der Waals surface area contributed by atoms with E-state index >= 15 is 0 Å². The molecular formula is C19H17N3O5S2. The first-order chi connectivity index (χ1) is 13.9. The summed E-state index contributed by atoms with van der Waals surface area (Å²) in [6.45, 7) is 1.51. The van der Waals surface area contributed by atoms with Crippen molar-refractivity contribution in [2.45, 2.75) is 11.8 Å². The van der Waals surface area contributed by atoms with E-state index in [-0.39, 0.29) is 11.4 Å². The maximum Gasteiger partial charge on any atom is 0.280 e. The zero-order valence-corrected chi connectivity index (χ0v) is 17.4. The molecule has 0 radical (unpaired) electrons. The molecule has 0 saturated heterocycles. The SMILES string of the molecule is COc1ccc(NS(=O)(=O)c2c(C)nc3sc4ccccc4n3c2=O)cc1OC. The summed E-state index contributed by atoms with van der Waals surface area (Å²) in [6, 6.07) is 11.8. The van der Waals surface area contributed by atoms with Crippen molar-refractivity contribution in [3.05, 3.63) is 58.5 Å².